The third-order valence-corrected chi connectivity index (χ3v) is 3.38. The minimum absolute atomic E-state index is 0.105. The van der Waals surface area contributed by atoms with Gasteiger partial charge >= 0.3 is 0 Å². The second kappa shape index (κ2) is 4.98. The second-order valence-corrected chi connectivity index (χ2v) is 4.72. The van der Waals surface area contributed by atoms with Crippen molar-refractivity contribution in [1.82, 2.24) is 9.97 Å². The van der Waals surface area contributed by atoms with Gasteiger partial charge in [-0.2, -0.15) is 5.26 Å². The van der Waals surface area contributed by atoms with Crippen molar-refractivity contribution in [2.24, 2.45) is 0 Å². The van der Waals surface area contributed by atoms with Crippen LogP contribution in [0, 0.1) is 18.3 Å². The van der Waals surface area contributed by atoms with Gasteiger partial charge in [-0.3, -0.25) is 4.79 Å². The van der Waals surface area contributed by atoms with E-state index in [9.17, 15) is 4.79 Å². The van der Waals surface area contributed by atoms with Gasteiger partial charge in [0.15, 0.2) is 0 Å². The molecule has 0 fully saturated rings. The standard InChI is InChI=1S/C13H11N3OS/c1-3-4-12-16-11(7-18-12)10-5-9(6-14)13(17)15-8(10)2/h3,5,7H,1,4H2,2H3,(H,15,17). The molecule has 0 radical (unpaired) electrons. The van der Waals surface area contributed by atoms with Gasteiger partial charge in [0.1, 0.15) is 11.6 Å². The minimum Gasteiger partial charge on any atom is -0.325 e. The molecule has 2 heterocycles. The molecule has 0 aromatic carbocycles. The van der Waals surface area contributed by atoms with Crippen LogP contribution in [0.4, 0.5) is 0 Å². The largest absolute Gasteiger partial charge is 0.325 e. The number of H-pyrrole nitrogens is 1. The molecular weight excluding hydrogens is 246 g/mol. The second-order valence-electron chi connectivity index (χ2n) is 3.78. The highest BCUT2D eigenvalue weighted by Crippen LogP contribution is 2.24. The fourth-order valence-electron chi connectivity index (χ4n) is 1.62. The number of hydrogen-bond acceptors (Lipinski definition) is 4. The minimum atomic E-state index is -0.361. The summed E-state index contributed by atoms with van der Waals surface area (Å²) in [7, 11) is 0. The van der Waals surface area contributed by atoms with Crippen molar-refractivity contribution in [3.05, 3.63) is 50.7 Å². The highest BCUT2D eigenvalue weighted by Gasteiger charge is 2.10. The van der Waals surface area contributed by atoms with Crippen LogP contribution >= 0.6 is 11.3 Å². The van der Waals surface area contributed by atoms with Crippen molar-refractivity contribution in [2.75, 3.05) is 0 Å². The monoisotopic (exact) mass is 257 g/mol. The van der Waals surface area contributed by atoms with Crippen LogP contribution in [0.25, 0.3) is 11.3 Å². The Morgan fingerprint density at radius 2 is 2.44 bits per heavy atom. The third-order valence-electron chi connectivity index (χ3n) is 2.51. The fourth-order valence-corrected chi connectivity index (χ4v) is 2.42. The summed E-state index contributed by atoms with van der Waals surface area (Å²) in [6.45, 7) is 5.47. The molecule has 0 bridgehead atoms. The fraction of sp³-hybridized carbons (Fsp3) is 0.154. The first-order valence-electron chi connectivity index (χ1n) is 5.35. The van der Waals surface area contributed by atoms with Gasteiger partial charge in [0, 0.05) is 23.1 Å². The zero-order valence-corrected chi connectivity index (χ0v) is 10.7. The van der Waals surface area contributed by atoms with Gasteiger partial charge in [-0.15, -0.1) is 17.9 Å². The number of allylic oxidation sites excluding steroid dienone is 1. The quantitative estimate of drug-likeness (QED) is 0.858. The predicted molar refractivity (Wildman–Crippen MR) is 71.5 cm³/mol. The van der Waals surface area contributed by atoms with E-state index in [1.165, 1.54) is 11.3 Å². The van der Waals surface area contributed by atoms with Crippen molar-refractivity contribution < 1.29 is 0 Å². The van der Waals surface area contributed by atoms with Crippen molar-refractivity contribution in [3.63, 3.8) is 0 Å². The molecule has 1 N–H and O–H groups in total. The lowest BCUT2D eigenvalue weighted by Gasteiger charge is -2.02. The van der Waals surface area contributed by atoms with Gasteiger partial charge in [-0.1, -0.05) is 6.08 Å². The van der Waals surface area contributed by atoms with Gasteiger partial charge in [0.25, 0.3) is 5.56 Å². The first kappa shape index (κ1) is 12.3. The van der Waals surface area contributed by atoms with E-state index in [2.05, 4.69) is 16.5 Å². The summed E-state index contributed by atoms with van der Waals surface area (Å²) >= 11 is 1.54. The van der Waals surface area contributed by atoms with Crippen LogP contribution in [-0.2, 0) is 6.42 Å². The highest BCUT2D eigenvalue weighted by atomic mass is 32.1. The van der Waals surface area contributed by atoms with Crippen molar-refractivity contribution in [1.29, 1.82) is 5.26 Å². The van der Waals surface area contributed by atoms with E-state index in [1.54, 1.807) is 19.1 Å². The van der Waals surface area contributed by atoms with Crippen LogP contribution in [0.1, 0.15) is 16.3 Å². The van der Waals surface area contributed by atoms with E-state index in [0.29, 0.717) is 0 Å². The lowest BCUT2D eigenvalue weighted by Crippen LogP contribution is -2.12. The van der Waals surface area contributed by atoms with E-state index >= 15 is 0 Å². The Hall–Kier alpha value is -2.19. The smallest absolute Gasteiger partial charge is 0.266 e. The van der Waals surface area contributed by atoms with Gasteiger partial charge in [0.2, 0.25) is 0 Å². The van der Waals surface area contributed by atoms with Crippen LogP contribution in [0.3, 0.4) is 0 Å². The average Bonchev–Trinajstić information content (AvgIpc) is 2.78. The summed E-state index contributed by atoms with van der Waals surface area (Å²) in [6, 6.07) is 3.46. The number of aryl methyl sites for hydroxylation is 1. The molecule has 0 aliphatic heterocycles. The Labute approximate surface area is 108 Å². The topological polar surface area (TPSA) is 69.5 Å². The molecule has 4 nitrogen and oxygen atoms in total. The number of nitriles is 1. The number of aromatic nitrogens is 2. The number of hydrogen-bond donors (Lipinski definition) is 1. The normalized spacial score (nSPS) is 10.0. The Morgan fingerprint density at radius 3 is 3.11 bits per heavy atom. The van der Waals surface area contributed by atoms with Crippen LogP contribution in [0.5, 0.6) is 0 Å². The molecule has 90 valence electrons. The molecule has 5 heteroatoms. The summed E-state index contributed by atoms with van der Waals surface area (Å²) in [5.41, 5.74) is 2.03. The van der Waals surface area contributed by atoms with Crippen molar-refractivity contribution >= 4 is 11.3 Å². The maximum absolute atomic E-state index is 11.5. The summed E-state index contributed by atoms with van der Waals surface area (Å²) in [6.07, 6.45) is 2.52. The first-order chi connectivity index (χ1) is 8.65. The molecule has 0 amide bonds. The molecule has 2 aromatic rings. The maximum atomic E-state index is 11.5. The molecule has 2 aromatic heterocycles. The van der Waals surface area contributed by atoms with Crippen LogP contribution in [0.2, 0.25) is 0 Å². The molecule has 0 aliphatic rings. The lowest BCUT2D eigenvalue weighted by molar-refractivity contribution is 1.12. The molecule has 0 saturated carbocycles. The number of nitrogens with zero attached hydrogens (tertiary/aromatic N) is 2. The van der Waals surface area contributed by atoms with Crippen LogP contribution in [-0.4, -0.2) is 9.97 Å². The molecule has 0 aliphatic carbocycles. The predicted octanol–water partition coefficient (Wildman–Crippen LogP) is 2.41. The van der Waals surface area contributed by atoms with E-state index in [-0.39, 0.29) is 11.1 Å². The Kier molecular flexibility index (Phi) is 3.40. The number of nitrogens with one attached hydrogen (secondary N) is 1. The molecule has 0 saturated heterocycles. The van der Waals surface area contributed by atoms with Gasteiger partial charge < -0.3 is 4.98 Å². The summed E-state index contributed by atoms with van der Waals surface area (Å²) in [5, 5.41) is 11.7. The van der Waals surface area contributed by atoms with Crippen molar-refractivity contribution in [3.8, 4) is 17.3 Å². The van der Waals surface area contributed by atoms with Crippen LogP contribution in [0.15, 0.2) is 28.9 Å². The summed E-state index contributed by atoms with van der Waals surface area (Å²) in [4.78, 5) is 18.6. The molecular formula is C13H11N3OS. The van der Waals surface area contributed by atoms with Crippen LogP contribution < -0.4 is 5.56 Å². The summed E-state index contributed by atoms with van der Waals surface area (Å²) in [5.74, 6) is 0. The zero-order valence-electron chi connectivity index (χ0n) is 9.86. The number of aromatic amines is 1. The number of rotatable bonds is 3. The van der Waals surface area contributed by atoms with Gasteiger partial charge in [-0.05, 0) is 13.0 Å². The van der Waals surface area contributed by atoms with E-state index in [4.69, 9.17) is 5.26 Å². The highest BCUT2D eigenvalue weighted by molar-refractivity contribution is 7.10. The molecule has 0 unspecified atom stereocenters. The Balaban J connectivity index is 2.53. The van der Waals surface area contributed by atoms with E-state index in [1.807, 2.05) is 11.4 Å². The zero-order chi connectivity index (χ0) is 13.1. The van der Waals surface area contributed by atoms with Gasteiger partial charge in [-0.25, -0.2) is 4.98 Å². The lowest BCUT2D eigenvalue weighted by atomic mass is 10.1. The SMILES string of the molecule is C=CCc1nc(-c2cc(C#N)c(=O)[nH]c2C)cs1. The maximum Gasteiger partial charge on any atom is 0.266 e. The summed E-state index contributed by atoms with van der Waals surface area (Å²) < 4.78 is 0. The number of thiazole rings is 1. The Bertz CT molecular complexity index is 691. The van der Waals surface area contributed by atoms with E-state index in [0.717, 1.165) is 28.4 Å². The third kappa shape index (κ3) is 2.24. The van der Waals surface area contributed by atoms with Gasteiger partial charge in [0.05, 0.1) is 10.7 Å². The van der Waals surface area contributed by atoms with Crippen molar-refractivity contribution in [2.45, 2.75) is 13.3 Å². The average molecular weight is 257 g/mol. The molecule has 18 heavy (non-hydrogen) atoms. The molecule has 2 rings (SSSR count). The van der Waals surface area contributed by atoms with E-state index < -0.39 is 0 Å². The Morgan fingerprint density at radius 1 is 1.67 bits per heavy atom. The molecule has 0 spiro atoms. The first-order valence-corrected chi connectivity index (χ1v) is 6.23. The molecule has 0 atom stereocenters. The number of pyridine rings is 1.